The van der Waals surface area contributed by atoms with Gasteiger partial charge in [0.25, 0.3) is 0 Å². The molecule has 0 spiro atoms. The lowest BCUT2D eigenvalue weighted by atomic mass is 10.1. The zero-order valence-corrected chi connectivity index (χ0v) is 11.5. The van der Waals surface area contributed by atoms with E-state index in [0.717, 1.165) is 0 Å². The molecule has 0 unspecified atom stereocenters. The Morgan fingerprint density at radius 2 is 1.68 bits per heavy atom. The first kappa shape index (κ1) is 16.3. The molecule has 1 aromatic heterocycles. The van der Waals surface area contributed by atoms with Gasteiger partial charge in [0.2, 0.25) is 0 Å². The third-order valence-electron chi connectivity index (χ3n) is 2.93. The van der Waals surface area contributed by atoms with Crippen LogP contribution in [0.2, 0.25) is 0 Å². The Hall–Kier alpha value is -2.12. The molecule has 2 aromatic rings. The standard InChI is InChI=1S/C14H10F6N2/c1-7-3-4-9-10(5-7)22-12(14(18,19)20)6-11(9)21-8(2)13(15,16)17/h3-6H,1-2H3. The Kier molecular flexibility index (Phi) is 3.88. The van der Waals surface area contributed by atoms with Crippen molar-refractivity contribution in [2.75, 3.05) is 0 Å². The van der Waals surface area contributed by atoms with Crippen LogP contribution in [0.15, 0.2) is 29.3 Å². The predicted molar refractivity (Wildman–Crippen MR) is 70.3 cm³/mol. The minimum Gasteiger partial charge on any atom is -0.248 e. The molecular formula is C14H10F6N2. The van der Waals surface area contributed by atoms with E-state index in [1.807, 2.05) is 0 Å². The van der Waals surface area contributed by atoms with Crippen LogP contribution in [0.3, 0.4) is 0 Å². The van der Waals surface area contributed by atoms with Crippen LogP contribution >= 0.6 is 0 Å². The van der Waals surface area contributed by atoms with Crippen LogP contribution in [-0.4, -0.2) is 16.9 Å². The monoisotopic (exact) mass is 320 g/mol. The Morgan fingerprint density at radius 1 is 1.05 bits per heavy atom. The molecule has 0 saturated heterocycles. The number of nitrogens with zero attached hydrogens (tertiary/aromatic N) is 2. The fourth-order valence-electron chi connectivity index (χ4n) is 1.80. The summed E-state index contributed by atoms with van der Waals surface area (Å²) in [5.41, 5.74) is -2.33. The van der Waals surface area contributed by atoms with Gasteiger partial charge in [-0.25, -0.2) is 9.98 Å². The normalized spacial score (nSPS) is 13.7. The van der Waals surface area contributed by atoms with E-state index in [1.165, 1.54) is 12.1 Å². The largest absolute Gasteiger partial charge is 0.433 e. The van der Waals surface area contributed by atoms with Crippen molar-refractivity contribution >= 4 is 22.3 Å². The summed E-state index contributed by atoms with van der Waals surface area (Å²) < 4.78 is 76.2. The van der Waals surface area contributed by atoms with E-state index in [4.69, 9.17) is 0 Å². The first-order chi connectivity index (χ1) is 9.98. The second-order valence-corrected chi connectivity index (χ2v) is 4.74. The van der Waals surface area contributed by atoms with Crippen molar-refractivity contribution in [2.24, 2.45) is 4.99 Å². The topological polar surface area (TPSA) is 25.2 Å². The van der Waals surface area contributed by atoms with E-state index in [2.05, 4.69) is 9.98 Å². The molecule has 0 bridgehead atoms. The minimum absolute atomic E-state index is 0.0523. The number of hydrogen-bond donors (Lipinski definition) is 0. The van der Waals surface area contributed by atoms with Gasteiger partial charge in [0.15, 0.2) is 0 Å². The van der Waals surface area contributed by atoms with Crippen LogP contribution < -0.4 is 0 Å². The van der Waals surface area contributed by atoms with Crippen molar-refractivity contribution in [3.63, 3.8) is 0 Å². The highest BCUT2D eigenvalue weighted by Gasteiger charge is 2.35. The summed E-state index contributed by atoms with van der Waals surface area (Å²) >= 11 is 0. The first-order valence-corrected chi connectivity index (χ1v) is 6.09. The summed E-state index contributed by atoms with van der Waals surface area (Å²) in [7, 11) is 0. The molecule has 2 nitrogen and oxygen atoms in total. The molecule has 0 amide bonds. The number of aryl methyl sites for hydroxylation is 1. The second-order valence-electron chi connectivity index (χ2n) is 4.74. The smallest absolute Gasteiger partial charge is 0.248 e. The van der Waals surface area contributed by atoms with Crippen molar-refractivity contribution in [1.82, 2.24) is 4.98 Å². The average molecular weight is 320 g/mol. The van der Waals surface area contributed by atoms with Gasteiger partial charge in [0.1, 0.15) is 11.4 Å². The molecule has 0 aliphatic rings. The summed E-state index contributed by atoms with van der Waals surface area (Å²) in [5.74, 6) is 0. The van der Waals surface area contributed by atoms with Gasteiger partial charge in [0.05, 0.1) is 11.2 Å². The van der Waals surface area contributed by atoms with Gasteiger partial charge in [-0.15, -0.1) is 0 Å². The maximum Gasteiger partial charge on any atom is 0.433 e. The average Bonchev–Trinajstić information content (AvgIpc) is 2.35. The van der Waals surface area contributed by atoms with Crippen molar-refractivity contribution in [2.45, 2.75) is 26.2 Å². The van der Waals surface area contributed by atoms with Crippen molar-refractivity contribution in [3.8, 4) is 0 Å². The zero-order chi connectivity index (χ0) is 16.7. The summed E-state index contributed by atoms with van der Waals surface area (Å²) in [5, 5.41) is 0.127. The first-order valence-electron chi connectivity index (χ1n) is 6.09. The summed E-state index contributed by atoms with van der Waals surface area (Å²) in [6, 6.07) is 4.86. The van der Waals surface area contributed by atoms with E-state index >= 15 is 0 Å². The lowest BCUT2D eigenvalue weighted by Gasteiger charge is -2.11. The minimum atomic E-state index is -4.77. The fraction of sp³-hybridized carbons (Fsp3) is 0.286. The molecule has 0 aliphatic carbocycles. The summed E-state index contributed by atoms with van der Waals surface area (Å²) in [6.45, 7) is 2.35. The number of hydrogen-bond acceptors (Lipinski definition) is 2. The van der Waals surface area contributed by atoms with Gasteiger partial charge in [0, 0.05) is 5.39 Å². The van der Waals surface area contributed by atoms with Crippen molar-refractivity contribution in [1.29, 1.82) is 0 Å². The number of aliphatic imine (C=N–C) groups is 1. The van der Waals surface area contributed by atoms with Gasteiger partial charge < -0.3 is 0 Å². The van der Waals surface area contributed by atoms with Gasteiger partial charge in [-0.1, -0.05) is 12.1 Å². The fourth-order valence-corrected chi connectivity index (χ4v) is 1.80. The number of rotatable bonds is 1. The Labute approximate surface area is 121 Å². The maximum atomic E-state index is 12.8. The van der Waals surface area contributed by atoms with Crippen LogP contribution in [0.5, 0.6) is 0 Å². The third-order valence-corrected chi connectivity index (χ3v) is 2.93. The Bertz CT molecular complexity index is 743. The van der Waals surface area contributed by atoms with E-state index in [1.54, 1.807) is 13.0 Å². The highest BCUT2D eigenvalue weighted by Crippen LogP contribution is 2.35. The molecule has 0 aliphatic heterocycles. The molecule has 0 saturated carbocycles. The molecule has 118 valence electrons. The summed E-state index contributed by atoms with van der Waals surface area (Å²) in [6.07, 6.45) is -9.48. The van der Waals surface area contributed by atoms with Crippen LogP contribution in [0.25, 0.3) is 10.9 Å². The molecule has 2 rings (SSSR count). The van der Waals surface area contributed by atoms with E-state index in [9.17, 15) is 26.3 Å². The highest BCUT2D eigenvalue weighted by molar-refractivity contribution is 5.96. The lowest BCUT2D eigenvalue weighted by molar-refractivity contribution is -0.140. The molecule has 22 heavy (non-hydrogen) atoms. The van der Waals surface area contributed by atoms with E-state index < -0.39 is 29.4 Å². The van der Waals surface area contributed by atoms with Crippen LogP contribution in [0.1, 0.15) is 18.2 Å². The van der Waals surface area contributed by atoms with Crippen LogP contribution in [-0.2, 0) is 6.18 Å². The molecular weight excluding hydrogens is 310 g/mol. The van der Waals surface area contributed by atoms with Gasteiger partial charge in [-0.05, 0) is 31.5 Å². The molecule has 8 heteroatoms. The summed E-state index contributed by atoms with van der Waals surface area (Å²) in [4.78, 5) is 6.78. The van der Waals surface area contributed by atoms with Gasteiger partial charge >= 0.3 is 12.4 Å². The highest BCUT2D eigenvalue weighted by atomic mass is 19.4. The van der Waals surface area contributed by atoms with E-state index in [0.29, 0.717) is 18.6 Å². The lowest BCUT2D eigenvalue weighted by Crippen LogP contribution is -2.19. The Morgan fingerprint density at radius 3 is 2.23 bits per heavy atom. The van der Waals surface area contributed by atoms with Gasteiger partial charge in [-0.2, -0.15) is 26.3 Å². The van der Waals surface area contributed by atoms with Crippen LogP contribution in [0, 0.1) is 6.92 Å². The molecule has 1 heterocycles. The predicted octanol–water partition coefficient (Wildman–Crippen LogP) is 5.22. The second kappa shape index (κ2) is 5.26. The molecule has 0 fully saturated rings. The number of pyridine rings is 1. The number of benzene rings is 1. The van der Waals surface area contributed by atoms with Gasteiger partial charge in [-0.3, -0.25) is 0 Å². The van der Waals surface area contributed by atoms with Crippen molar-refractivity contribution in [3.05, 3.63) is 35.5 Å². The molecule has 0 N–H and O–H groups in total. The quantitative estimate of drug-likeness (QED) is 0.522. The maximum absolute atomic E-state index is 12.8. The molecule has 0 radical (unpaired) electrons. The third kappa shape index (κ3) is 3.37. The number of halogens is 6. The Balaban J connectivity index is 2.76. The van der Waals surface area contributed by atoms with Crippen LogP contribution in [0.4, 0.5) is 32.0 Å². The number of alkyl halides is 6. The molecule has 1 aromatic carbocycles. The van der Waals surface area contributed by atoms with Crippen molar-refractivity contribution < 1.29 is 26.3 Å². The zero-order valence-electron chi connectivity index (χ0n) is 11.5. The number of aromatic nitrogens is 1. The number of fused-ring (bicyclic) bond motifs is 1. The SMILES string of the molecule is CC(=Nc1cc(C(F)(F)F)nc2cc(C)ccc12)C(F)(F)F. The molecule has 0 atom stereocenters. The van der Waals surface area contributed by atoms with E-state index in [-0.39, 0.29) is 10.9 Å².